The van der Waals surface area contributed by atoms with Crippen LogP contribution in [0.2, 0.25) is 0 Å². The number of nitrogen functional groups attached to an aromatic ring is 1. The Kier molecular flexibility index (Phi) is 4.37. The molecule has 1 heterocycles. The van der Waals surface area contributed by atoms with Gasteiger partial charge in [0.15, 0.2) is 0 Å². The van der Waals surface area contributed by atoms with Crippen LogP contribution in [0, 0.1) is 5.82 Å². The topological polar surface area (TPSA) is 77.2 Å². The van der Waals surface area contributed by atoms with Gasteiger partial charge < -0.3 is 15.8 Å². The van der Waals surface area contributed by atoms with Crippen LogP contribution >= 0.6 is 0 Å². The van der Waals surface area contributed by atoms with Crippen LogP contribution in [0.5, 0.6) is 5.88 Å². The van der Waals surface area contributed by atoms with Crippen LogP contribution in [0.3, 0.4) is 0 Å². The first-order valence-electron chi connectivity index (χ1n) is 6.45. The summed E-state index contributed by atoms with van der Waals surface area (Å²) in [6.45, 7) is 3.71. The van der Waals surface area contributed by atoms with Crippen LogP contribution in [0.1, 0.15) is 24.2 Å². The van der Waals surface area contributed by atoms with E-state index in [4.69, 9.17) is 10.5 Å². The Balaban J connectivity index is 2.23. The molecule has 1 aromatic carbocycles. The number of ether oxygens (including phenoxy) is 1. The Morgan fingerprint density at radius 3 is 2.81 bits per heavy atom. The van der Waals surface area contributed by atoms with Gasteiger partial charge in [-0.1, -0.05) is 0 Å². The number of anilines is 2. The van der Waals surface area contributed by atoms with Crippen molar-refractivity contribution in [3.05, 3.63) is 47.9 Å². The third-order valence-corrected chi connectivity index (χ3v) is 2.55. The average molecular weight is 289 g/mol. The van der Waals surface area contributed by atoms with Crippen LogP contribution in [-0.2, 0) is 0 Å². The zero-order valence-electron chi connectivity index (χ0n) is 11.8. The van der Waals surface area contributed by atoms with E-state index in [0.717, 1.165) is 12.1 Å². The molecule has 0 unspecified atom stereocenters. The van der Waals surface area contributed by atoms with Crippen molar-refractivity contribution in [3.8, 4) is 5.88 Å². The lowest BCUT2D eigenvalue weighted by Gasteiger charge is -2.13. The number of nitrogens with two attached hydrogens (primary N) is 1. The molecule has 0 saturated carbocycles. The summed E-state index contributed by atoms with van der Waals surface area (Å²) in [6.07, 6.45) is 1.48. The van der Waals surface area contributed by atoms with Gasteiger partial charge in [-0.25, -0.2) is 9.37 Å². The molecule has 5 nitrogen and oxygen atoms in total. The zero-order valence-corrected chi connectivity index (χ0v) is 11.8. The number of nitrogens with zero attached hydrogens (tertiary/aromatic N) is 1. The van der Waals surface area contributed by atoms with Crippen LogP contribution in [0.25, 0.3) is 0 Å². The molecule has 6 heteroatoms. The highest BCUT2D eigenvalue weighted by molar-refractivity contribution is 6.05. The molecule has 0 radical (unpaired) electrons. The number of halogens is 1. The summed E-state index contributed by atoms with van der Waals surface area (Å²) in [6, 6.07) is 6.99. The Labute approximate surface area is 121 Å². The molecule has 110 valence electrons. The fourth-order valence-corrected chi connectivity index (χ4v) is 1.74. The highest BCUT2D eigenvalue weighted by atomic mass is 19.1. The molecule has 1 aromatic heterocycles. The van der Waals surface area contributed by atoms with Crippen molar-refractivity contribution < 1.29 is 13.9 Å². The summed E-state index contributed by atoms with van der Waals surface area (Å²) in [5.74, 6) is -0.738. The number of carbonyl (C=O) groups is 1. The van der Waals surface area contributed by atoms with Crippen LogP contribution in [0.4, 0.5) is 15.8 Å². The first-order valence-corrected chi connectivity index (χ1v) is 6.45. The maximum Gasteiger partial charge on any atom is 0.255 e. The molecule has 0 saturated heterocycles. The summed E-state index contributed by atoms with van der Waals surface area (Å²) in [7, 11) is 0. The summed E-state index contributed by atoms with van der Waals surface area (Å²) in [4.78, 5) is 16.2. The number of carbonyl (C=O) groups excluding carboxylic acids is 1. The fourth-order valence-electron chi connectivity index (χ4n) is 1.74. The number of benzene rings is 1. The van der Waals surface area contributed by atoms with E-state index in [1.54, 1.807) is 18.3 Å². The number of hydrogen-bond acceptors (Lipinski definition) is 4. The van der Waals surface area contributed by atoms with E-state index < -0.39 is 11.7 Å². The Morgan fingerprint density at radius 2 is 2.14 bits per heavy atom. The van der Waals surface area contributed by atoms with Gasteiger partial charge in [0.1, 0.15) is 11.5 Å². The third kappa shape index (κ3) is 3.92. The SMILES string of the molecule is CC(C)Oc1ncccc1NC(=O)c1cc(N)cc(F)c1. The highest BCUT2D eigenvalue weighted by Crippen LogP contribution is 2.23. The number of pyridine rings is 1. The second-order valence-electron chi connectivity index (χ2n) is 4.75. The lowest BCUT2D eigenvalue weighted by Crippen LogP contribution is -2.15. The van der Waals surface area contributed by atoms with Gasteiger partial charge >= 0.3 is 0 Å². The fraction of sp³-hybridized carbons (Fsp3) is 0.200. The minimum atomic E-state index is -0.565. The summed E-state index contributed by atoms with van der Waals surface area (Å²) >= 11 is 0. The minimum absolute atomic E-state index is 0.0830. The van der Waals surface area contributed by atoms with E-state index in [1.165, 1.54) is 6.07 Å². The second-order valence-corrected chi connectivity index (χ2v) is 4.75. The third-order valence-electron chi connectivity index (χ3n) is 2.55. The molecule has 0 aliphatic rings. The van der Waals surface area contributed by atoms with Gasteiger partial charge in [-0.2, -0.15) is 0 Å². The number of nitrogens with one attached hydrogen (secondary N) is 1. The maximum absolute atomic E-state index is 13.3. The quantitative estimate of drug-likeness (QED) is 0.848. The summed E-state index contributed by atoms with van der Waals surface area (Å²) in [5.41, 5.74) is 6.26. The number of rotatable bonds is 4. The first-order chi connectivity index (χ1) is 9.95. The summed E-state index contributed by atoms with van der Waals surface area (Å²) < 4.78 is 18.8. The van der Waals surface area contributed by atoms with E-state index >= 15 is 0 Å². The maximum atomic E-state index is 13.3. The van der Waals surface area contributed by atoms with Crippen molar-refractivity contribution in [2.45, 2.75) is 20.0 Å². The van der Waals surface area contributed by atoms with Gasteiger partial charge in [0.25, 0.3) is 5.91 Å². The van der Waals surface area contributed by atoms with Crippen molar-refractivity contribution in [1.82, 2.24) is 4.98 Å². The molecule has 0 bridgehead atoms. The minimum Gasteiger partial charge on any atom is -0.473 e. The Bertz CT molecular complexity index is 639. The van der Waals surface area contributed by atoms with Crippen molar-refractivity contribution in [3.63, 3.8) is 0 Å². The van der Waals surface area contributed by atoms with Gasteiger partial charge in [-0.3, -0.25) is 4.79 Å². The number of amides is 1. The second kappa shape index (κ2) is 6.21. The Morgan fingerprint density at radius 1 is 1.38 bits per heavy atom. The molecule has 3 N–H and O–H groups in total. The normalized spacial score (nSPS) is 10.5. The standard InChI is InChI=1S/C15H16FN3O2/c1-9(2)21-15-13(4-3-5-18-15)19-14(20)10-6-11(16)8-12(17)7-10/h3-9H,17H2,1-2H3,(H,19,20). The van der Waals surface area contributed by atoms with Crippen LogP contribution in [-0.4, -0.2) is 17.0 Å². The molecule has 0 fully saturated rings. The predicted molar refractivity (Wildman–Crippen MR) is 78.8 cm³/mol. The molecule has 0 spiro atoms. The van der Waals surface area contributed by atoms with E-state index in [2.05, 4.69) is 10.3 Å². The molecule has 2 aromatic rings. The van der Waals surface area contributed by atoms with Crippen LogP contribution in [0.15, 0.2) is 36.5 Å². The van der Waals surface area contributed by atoms with E-state index in [0.29, 0.717) is 11.6 Å². The van der Waals surface area contributed by atoms with Crippen molar-refractivity contribution in [2.24, 2.45) is 0 Å². The molecular weight excluding hydrogens is 273 g/mol. The van der Waals surface area contributed by atoms with Gasteiger partial charge in [-0.05, 0) is 44.2 Å². The monoisotopic (exact) mass is 289 g/mol. The van der Waals surface area contributed by atoms with E-state index in [1.807, 2.05) is 13.8 Å². The number of aromatic nitrogens is 1. The molecular formula is C15H16FN3O2. The predicted octanol–water partition coefficient (Wildman–Crippen LogP) is 2.84. The Hall–Kier alpha value is -2.63. The molecule has 0 atom stereocenters. The summed E-state index contributed by atoms with van der Waals surface area (Å²) in [5, 5.41) is 2.64. The van der Waals surface area contributed by atoms with E-state index in [-0.39, 0.29) is 17.4 Å². The first kappa shape index (κ1) is 14.8. The number of hydrogen-bond donors (Lipinski definition) is 2. The smallest absolute Gasteiger partial charge is 0.255 e. The zero-order chi connectivity index (χ0) is 15.4. The van der Waals surface area contributed by atoms with Crippen LogP contribution < -0.4 is 15.8 Å². The molecule has 21 heavy (non-hydrogen) atoms. The van der Waals surface area contributed by atoms with Gasteiger partial charge in [0, 0.05) is 17.4 Å². The average Bonchev–Trinajstić information content (AvgIpc) is 2.39. The molecule has 0 aliphatic heterocycles. The largest absolute Gasteiger partial charge is 0.473 e. The molecule has 1 amide bonds. The van der Waals surface area contributed by atoms with Crippen molar-refractivity contribution in [1.29, 1.82) is 0 Å². The van der Waals surface area contributed by atoms with E-state index in [9.17, 15) is 9.18 Å². The lowest BCUT2D eigenvalue weighted by atomic mass is 10.2. The van der Waals surface area contributed by atoms with Crippen molar-refractivity contribution >= 4 is 17.3 Å². The molecule has 2 rings (SSSR count). The highest BCUT2D eigenvalue weighted by Gasteiger charge is 2.13. The van der Waals surface area contributed by atoms with Crippen molar-refractivity contribution in [2.75, 3.05) is 11.1 Å². The van der Waals surface area contributed by atoms with Gasteiger partial charge in [-0.15, -0.1) is 0 Å². The van der Waals surface area contributed by atoms with Gasteiger partial charge in [0.2, 0.25) is 5.88 Å². The van der Waals surface area contributed by atoms with Gasteiger partial charge in [0.05, 0.1) is 6.10 Å². The lowest BCUT2D eigenvalue weighted by molar-refractivity contribution is 0.102. The molecule has 0 aliphatic carbocycles.